The summed E-state index contributed by atoms with van der Waals surface area (Å²) in [5, 5.41) is 0. The number of carbonyl (C=O) groups excluding carboxylic acids is 1. The van der Waals surface area contributed by atoms with Gasteiger partial charge in [0.2, 0.25) is 5.91 Å². The number of fused-ring (bicyclic) bond motifs is 3. The molecule has 0 fully saturated rings. The molecule has 0 spiro atoms. The summed E-state index contributed by atoms with van der Waals surface area (Å²) < 4.78 is 0. The molecule has 0 radical (unpaired) electrons. The molecular formula is C13H14N4O3. The van der Waals surface area contributed by atoms with Crippen LogP contribution in [0.4, 0.5) is 0 Å². The Morgan fingerprint density at radius 3 is 2.65 bits per heavy atom. The van der Waals surface area contributed by atoms with Gasteiger partial charge < -0.3 is 20.6 Å². The van der Waals surface area contributed by atoms with Crippen LogP contribution in [0.3, 0.4) is 0 Å². The minimum atomic E-state index is -0.735. The predicted octanol–water partition coefficient (Wildman–Crippen LogP) is -0.697. The van der Waals surface area contributed by atoms with E-state index in [-0.39, 0.29) is 0 Å². The first-order valence-electron chi connectivity index (χ1n) is 6.27. The summed E-state index contributed by atoms with van der Waals surface area (Å²) in [6, 6.07) is 1.53. The van der Waals surface area contributed by atoms with E-state index in [1.54, 1.807) is 0 Å². The van der Waals surface area contributed by atoms with Gasteiger partial charge in [-0.15, -0.1) is 0 Å². The number of primary amides is 1. The van der Waals surface area contributed by atoms with Crippen molar-refractivity contribution >= 4 is 16.9 Å². The average Bonchev–Trinajstić information content (AvgIpc) is 2.39. The minimum absolute atomic E-state index is 0.391. The zero-order valence-corrected chi connectivity index (χ0v) is 10.9. The molecule has 4 N–H and O–H groups in total. The second kappa shape index (κ2) is 4.31. The monoisotopic (exact) mass is 274 g/mol. The largest absolute Gasteiger partial charge is 0.366 e. The van der Waals surface area contributed by atoms with Crippen molar-refractivity contribution in [2.24, 2.45) is 5.73 Å². The number of amides is 1. The molecule has 7 heteroatoms. The van der Waals surface area contributed by atoms with Gasteiger partial charge in [0.05, 0.1) is 11.0 Å². The molecule has 1 aliphatic heterocycles. The SMILES string of the molecule is CN1CCc2c(c(C(N)=O)cc3[nH]c(=O)c(=O)[nH]c23)C1. The maximum atomic E-state index is 11.6. The fourth-order valence-electron chi connectivity index (χ4n) is 2.70. The number of benzene rings is 1. The van der Waals surface area contributed by atoms with Gasteiger partial charge in [0, 0.05) is 18.7 Å². The molecule has 104 valence electrons. The van der Waals surface area contributed by atoms with Crippen molar-refractivity contribution in [3.05, 3.63) is 43.5 Å². The van der Waals surface area contributed by atoms with Gasteiger partial charge in [-0.05, 0) is 30.7 Å². The van der Waals surface area contributed by atoms with E-state index >= 15 is 0 Å². The Kier molecular flexibility index (Phi) is 2.72. The third-order valence-corrected chi connectivity index (χ3v) is 3.68. The number of nitrogens with zero attached hydrogens (tertiary/aromatic N) is 1. The number of likely N-dealkylation sites (N-methyl/N-ethyl adjacent to an activating group) is 1. The molecule has 20 heavy (non-hydrogen) atoms. The second-order valence-electron chi connectivity index (χ2n) is 5.06. The summed E-state index contributed by atoms with van der Waals surface area (Å²) in [7, 11) is 1.95. The van der Waals surface area contributed by atoms with E-state index in [4.69, 9.17) is 5.73 Å². The molecule has 1 amide bonds. The van der Waals surface area contributed by atoms with Crippen molar-refractivity contribution in [3.63, 3.8) is 0 Å². The lowest BCUT2D eigenvalue weighted by Gasteiger charge is -2.27. The molecule has 2 aromatic rings. The Morgan fingerprint density at radius 2 is 1.95 bits per heavy atom. The highest BCUT2D eigenvalue weighted by Crippen LogP contribution is 2.27. The number of nitrogens with one attached hydrogen (secondary N) is 2. The fourth-order valence-corrected chi connectivity index (χ4v) is 2.70. The molecule has 0 saturated heterocycles. The topological polar surface area (TPSA) is 112 Å². The molecular weight excluding hydrogens is 260 g/mol. The number of aromatic nitrogens is 2. The number of aromatic amines is 2. The van der Waals surface area contributed by atoms with Gasteiger partial charge in [-0.3, -0.25) is 14.4 Å². The van der Waals surface area contributed by atoms with Crippen LogP contribution in [-0.4, -0.2) is 34.4 Å². The van der Waals surface area contributed by atoms with Crippen LogP contribution in [-0.2, 0) is 13.0 Å². The summed E-state index contributed by atoms with van der Waals surface area (Å²) in [5.74, 6) is -0.537. The Morgan fingerprint density at radius 1 is 1.25 bits per heavy atom. The number of carbonyl (C=O) groups is 1. The summed E-state index contributed by atoms with van der Waals surface area (Å²) in [5.41, 5.74) is 7.11. The zero-order valence-electron chi connectivity index (χ0n) is 10.9. The molecule has 2 heterocycles. The standard InChI is InChI=1S/C13H14N4O3/c1-17-3-2-6-8(5-17)7(11(14)18)4-9-10(6)16-13(20)12(19)15-9/h4H,2-3,5H2,1H3,(H2,14,18)(H,15,19)(H,16,20). The van der Waals surface area contributed by atoms with Crippen LogP contribution in [0.15, 0.2) is 15.7 Å². The van der Waals surface area contributed by atoms with E-state index in [9.17, 15) is 14.4 Å². The number of nitrogens with two attached hydrogens (primary N) is 1. The molecule has 1 aromatic heterocycles. The Bertz CT molecular complexity index is 834. The van der Waals surface area contributed by atoms with Gasteiger partial charge in [0.1, 0.15) is 0 Å². The van der Waals surface area contributed by atoms with Gasteiger partial charge in [0.15, 0.2) is 0 Å². The normalized spacial score (nSPS) is 15.2. The smallest absolute Gasteiger partial charge is 0.314 e. The van der Waals surface area contributed by atoms with Crippen molar-refractivity contribution in [1.29, 1.82) is 0 Å². The molecule has 0 saturated carbocycles. The number of hydrogen-bond acceptors (Lipinski definition) is 4. The van der Waals surface area contributed by atoms with E-state index in [2.05, 4.69) is 14.9 Å². The molecule has 0 bridgehead atoms. The summed E-state index contributed by atoms with van der Waals surface area (Å²) >= 11 is 0. The van der Waals surface area contributed by atoms with Crippen molar-refractivity contribution < 1.29 is 4.79 Å². The van der Waals surface area contributed by atoms with E-state index in [1.807, 2.05) is 7.05 Å². The lowest BCUT2D eigenvalue weighted by atomic mass is 9.93. The highest BCUT2D eigenvalue weighted by molar-refractivity contribution is 5.99. The van der Waals surface area contributed by atoms with Crippen LogP contribution >= 0.6 is 0 Å². The average molecular weight is 274 g/mol. The summed E-state index contributed by atoms with van der Waals surface area (Å²) in [4.78, 5) is 41.7. The first-order chi connectivity index (χ1) is 9.47. The van der Waals surface area contributed by atoms with Gasteiger partial charge in [-0.1, -0.05) is 0 Å². The van der Waals surface area contributed by atoms with Crippen molar-refractivity contribution in [2.45, 2.75) is 13.0 Å². The maximum Gasteiger partial charge on any atom is 0.314 e. The third-order valence-electron chi connectivity index (χ3n) is 3.68. The van der Waals surface area contributed by atoms with Gasteiger partial charge in [-0.25, -0.2) is 0 Å². The van der Waals surface area contributed by atoms with Crippen LogP contribution in [0, 0.1) is 0 Å². The highest BCUT2D eigenvalue weighted by Gasteiger charge is 2.22. The number of hydrogen-bond donors (Lipinski definition) is 3. The van der Waals surface area contributed by atoms with Gasteiger partial charge in [0.25, 0.3) is 0 Å². The summed E-state index contributed by atoms with van der Waals surface area (Å²) in [6.07, 6.45) is 0.686. The van der Waals surface area contributed by atoms with E-state index in [1.165, 1.54) is 6.07 Å². The molecule has 0 unspecified atom stereocenters. The molecule has 1 aliphatic rings. The first kappa shape index (κ1) is 12.6. The van der Waals surface area contributed by atoms with E-state index in [0.717, 1.165) is 17.7 Å². The van der Waals surface area contributed by atoms with Crippen molar-refractivity contribution in [2.75, 3.05) is 13.6 Å². The molecule has 0 atom stereocenters. The lowest BCUT2D eigenvalue weighted by Crippen LogP contribution is -2.33. The number of rotatable bonds is 1. The molecule has 7 nitrogen and oxygen atoms in total. The number of H-pyrrole nitrogens is 2. The van der Waals surface area contributed by atoms with Gasteiger partial charge in [-0.2, -0.15) is 0 Å². The third kappa shape index (κ3) is 1.83. The van der Waals surface area contributed by atoms with Crippen molar-refractivity contribution in [1.82, 2.24) is 14.9 Å². The Balaban J connectivity index is 2.43. The highest BCUT2D eigenvalue weighted by atomic mass is 16.2. The maximum absolute atomic E-state index is 11.6. The Labute approximate surface area is 113 Å². The fraction of sp³-hybridized carbons (Fsp3) is 0.308. The molecule has 1 aromatic carbocycles. The predicted molar refractivity (Wildman–Crippen MR) is 73.7 cm³/mol. The molecule has 3 rings (SSSR count). The van der Waals surface area contributed by atoms with E-state index in [0.29, 0.717) is 29.6 Å². The zero-order chi connectivity index (χ0) is 14.4. The van der Waals surface area contributed by atoms with E-state index < -0.39 is 17.0 Å². The second-order valence-corrected chi connectivity index (χ2v) is 5.06. The van der Waals surface area contributed by atoms with Crippen LogP contribution in [0.1, 0.15) is 21.5 Å². The molecule has 0 aliphatic carbocycles. The van der Waals surface area contributed by atoms with Crippen molar-refractivity contribution in [3.8, 4) is 0 Å². The van der Waals surface area contributed by atoms with Crippen LogP contribution in [0.2, 0.25) is 0 Å². The van der Waals surface area contributed by atoms with Crippen LogP contribution in [0.25, 0.3) is 11.0 Å². The van der Waals surface area contributed by atoms with Crippen LogP contribution < -0.4 is 16.9 Å². The lowest BCUT2D eigenvalue weighted by molar-refractivity contribution is 0.0998. The summed E-state index contributed by atoms with van der Waals surface area (Å²) in [6.45, 7) is 1.40. The quantitative estimate of drug-likeness (QED) is 0.597. The van der Waals surface area contributed by atoms with Gasteiger partial charge >= 0.3 is 11.1 Å². The Hall–Kier alpha value is -2.41. The first-order valence-corrected chi connectivity index (χ1v) is 6.27. The minimum Gasteiger partial charge on any atom is -0.366 e. The van der Waals surface area contributed by atoms with Crippen LogP contribution in [0.5, 0.6) is 0 Å².